The monoisotopic (exact) mass is 389 g/mol. The van der Waals surface area contributed by atoms with Crippen LogP contribution in [0.5, 0.6) is 0 Å². The van der Waals surface area contributed by atoms with Gasteiger partial charge >= 0.3 is 0 Å². The van der Waals surface area contributed by atoms with Crippen LogP contribution in [0.1, 0.15) is 16.1 Å². The van der Waals surface area contributed by atoms with Crippen LogP contribution in [0.15, 0.2) is 41.1 Å². The second-order valence-corrected chi connectivity index (χ2v) is 7.53. The molecule has 0 bridgehead atoms. The molecule has 1 aromatic carbocycles. The number of aromatic nitrogens is 1. The van der Waals surface area contributed by atoms with Crippen LogP contribution in [-0.4, -0.2) is 16.8 Å². The Hall–Kier alpha value is -2.58. The lowest BCUT2D eigenvalue weighted by atomic mass is 10.2. The summed E-state index contributed by atoms with van der Waals surface area (Å²) < 4.78 is 13.5. The van der Waals surface area contributed by atoms with Crippen LogP contribution in [0, 0.1) is 12.7 Å². The van der Waals surface area contributed by atoms with E-state index < -0.39 is 0 Å². The summed E-state index contributed by atoms with van der Waals surface area (Å²) in [6, 6.07) is 8.33. The summed E-state index contributed by atoms with van der Waals surface area (Å²) in [6.45, 7) is 1.66. The van der Waals surface area contributed by atoms with Crippen molar-refractivity contribution in [1.29, 1.82) is 0 Å². The van der Waals surface area contributed by atoms with Gasteiger partial charge in [0.05, 0.1) is 18.5 Å². The van der Waals surface area contributed by atoms with Crippen molar-refractivity contribution in [2.45, 2.75) is 19.8 Å². The highest BCUT2D eigenvalue weighted by Crippen LogP contribution is 2.18. The number of thiazole rings is 1. The molecule has 0 fully saturated rings. The lowest BCUT2D eigenvalue weighted by Gasteiger charge is -2.05. The van der Waals surface area contributed by atoms with Gasteiger partial charge in [-0.15, -0.1) is 22.7 Å². The molecule has 0 radical (unpaired) electrons. The molecule has 0 aliphatic rings. The van der Waals surface area contributed by atoms with E-state index in [9.17, 15) is 14.0 Å². The molecule has 2 N–H and O–H groups in total. The minimum atomic E-state index is -0.368. The summed E-state index contributed by atoms with van der Waals surface area (Å²) in [7, 11) is 0. The average molecular weight is 389 g/mol. The average Bonchev–Trinajstić information content (AvgIpc) is 3.23. The van der Waals surface area contributed by atoms with E-state index in [1.807, 2.05) is 17.5 Å². The van der Waals surface area contributed by atoms with E-state index in [-0.39, 0.29) is 24.1 Å². The summed E-state index contributed by atoms with van der Waals surface area (Å²) in [5.74, 6) is -0.810. The molecular weight excluding hydrogens is 373 g/mol. The predicted octanol–water partition coefficient (Wildman–Crippen LogP) is 4.01. The Bertz CT molecular complexity index is 922. The van der Waals surface area contributed by atoms with Gasteiger partial charge < -0.3 is 10.6 Å². The number of aryl methyl sites for hydroxylation is 1. The molecule has 0 aliphatic heterocycles. The van der Waals surface area contributed by atoms with E-state index in [1.54, 1.807) is 24.4 Å². The van der Waals surface area contributed by atoms with Crippen LogP contribution < -0.4 is 10.6 Å². The smallest absolute Gasteiger partial charge is 0.231 e. The third kappa shape index (κ3) is 4.96. The van der Waals surface area contributed by atoms with Crippen molar-refractivity contribution in [3.63, 3.8) is 0 Å². The van der Waals surface area contributed by atoms with Crippen molar-refractivity contribution >= 4 is 45.3 Å². The highest BCUT2D eigenvalue weighted by atomic mass is 32.1. The SMILES string of the molecule is Cc1ccc(NC(=O)Cc2csc(NC(=O)Cc3cccs3)n2)cc1F. The van der Waals surface area contributed by atoms with Gasteiger partial charge in [-0.1, -0.05) is 12.1 Å². The first kappa shape index (κ1) is 18.2. The van der Waals surface area contributed by atoms with Crippen LogP contribution in [0.4, 0.5) is 15.2 Å². The molecule has 8 heteroatoms. The number of halogens is 1. The standard InChI is InChI=1S/C18H16FN3O2S2/c1-11-4-5-12(7-15(11)19)20-16(23)8-13-10-26-18(21-13)22-17(24)9-14-3-2-6-25-14/h2-7,10H,8-9H2,1H3,(H,20,23)(H,21,22,24). The Kier molecular flexibility index (Phi) is 5.75. The maximum Gasteiger partial charge on any atom is 0.231 e. The minimum Gasteiger partial charge on any atom is -0.326 e. The Morgan fingerprint density at radius 1 is 1.12 bits per heavy atom. The lowest BCUT2D eigenvalue weighted by molar-refractivity contribution is -0.116. The first-order valence-corrected chi connectivity index (χ1v) is 9.58. The Morgan fingerprint density at radius 2 is 1.92 bits per heavy atom. The fourth-order valence-electron chi connectivity index (χ4n) is 2.22. The molecule has 2 heterocycles. The molecular formula is C18H16FN3O2S2. The van der Waals surface area contributed by atoms with Gasteiger partial charge in [-0.2, -0.15) is 0 Å². The fourth-order valence-corrected chi connectivity index (χ4v) is 3.65. The van der Waals surface area contributed by atoms with Crippen LogP contribution in [-0.2, 0) is 22.4 Å². The van der Waals surface area contributed by atoms with Gasteiger partial charge in [0.25, 0.3) is 0 Å². The van der Waals surface area contributed by atoms with Gasteiger partial charge in [0, 0.05) is 15.9 Å². The third-order valence-electron chi connectivity index (χ3n) is 3.51. The Labute approximate surface area is 157 Å². The predicted molar refractivity (Wildman–Crippen MR) is 102 cm³/mol. The number of nitrogens with one attached hydrogen (secondary N) is 2. The van der Waals surface area contributed by atoms with Crippen molar-refractivity contribution in [3.8, 4) is 0 Å². The molecule has 0 saturated heterocycles. The second kappa shape index (κ2) is 8.20. The summed E-state index contributed by atoms with van der Waals surface area (Å²) in [6.07, 6.45) is 0.346. The van der Waals surface area contributed by atoms with Crippen LogP contribution in [0.2, 0.25) is 0 Å². The Balaban J connectivity index is 1.53. The summed E-state index contributed by atoms with van der Waals surface area (Å²) in [5.41, 5.74) is 1.47. The van der Waals surface area contributed by atoms with Crippen LogP contribution in [0.25, 0.3) is 0 Å². The van der Waals surface area contributed by atoms with E-state index in [0.29, 0.717) is 28.5 Å². The number of carbonyl (C=O) groups excluding carboxylic acids is 2. The molecule has 0 unspecified atom stereocenters. The summed E-state index contributed by atoms with van der Waals surface area (Å²) in [4.78, 5) is 29.2. The number of hydrogen-bond acceptors (Lipinski definition) is 5. The van der Waals surface area contributed by atoms with Gasteiger partial charge in [0.1, 0.15) is 5.82 Å². The highest BCUT2D eigenvalue weighted by molar-refractivity contribution is 7.14. The zero-order valence-corrected chi connectivity index (χ0v) is 15.5. The number of amides is 2. The van der Waals surface area contributed by atoms with Crippen molar-refractivity contribution < 1.29 is 14.0 Å². The van der Waals surface area contributed by atoms with Gasteiger partial charge in [0.2, 0.25) is 11.8 Å². The first-order chi connectivity index (χ1) is 12.5. The topological polar surface area (TPSA) is 71.1 Å². The van der Waals surface area contributed by atoms with Gasteiger partial charge in [-0.05, 0) is 36.1 Å². The van der Waals surface area contributed by atoms with E-state index >= 15 is 0 Å². The molecule has 0 spiro atoms. The van der Waals surface area contributed by atoms with Gasteiger partial charge in [0.15, 0.2) is 5.13 Å². The van der Waals surface area contributed by atoms with Gasteiger partial charge in [-0.3, -0.25) is 9.59 Å². The van der Waals surface area contributed by atoms with Crippen LogP contribution >= 0.6 is 22.7 Å². The number of rotatable bonds is 6. The van der Waals surface area contributed by atoms with E-state index in [4.69, 9.17) is 0 Å². The van der Waals surface area contributed by atoms with E-state index in [1.165, 1.54) is 28.7 Å². The lowest BCUT2D eigenvalue weighted by Crippen LogP contribution is -2.15. The van der Waals surface area contributed by atoms with Crippen molar-refractivity contribution in [3.05, 3.63) is 63.0 Å². The molecule has 3 aromatic rings. The first-order valence-electron chi connectivity index (χ1n) is 7.82. The zero-order chi connectivity index (χ0) is 18.5. The number of nitrogens with zero attached hydrogens (tertiary/aromatic N) is 1. The molecule has 0 atom stereocenters. The number of hydrogen-bond donors (Lipinski definition) is 2. The molecule has 5 nitrogen and oxygen atoms in total. The molecule has 2 amide bonds. The Morgan fingerprint density at radius 3 is 2.65 bits per heavy atom. The minimum absolute atomic E-state index is 0.0484. The fraction of sp³-hybridized carbons (Fsp3) is 0.167. The molecule has 3 rings (SSSR count). The van der Waals surface area contributed by atoms with Crippen molar-refractivity contribution in [2.24, 2.45) is 0 Å². The molecule has 0 aliphatic carbocycles. The quantitative estimate of drug-likeness (QED) is 0.669. The summed E-state index contributed by atoms with van der Waals surface area (Å²) >= 11 is 2.78. The third-order valence-corrected chi connectivity index (χ3v) is 5.19. The molecule has 0 saturated carbocycles. The number of anilines is 2. The molecule has 26 heavy (non-hydrogen) atoms. The second-order valence-electron chi connectivity index (χ2n) is 5.64. The summed E-state index contributed by atoms with van der Waals surface area (Å²) in [5, 5.41) is 9.46. The number of thiophene rings is 1. The zero-order valence-electron chi connectivity index (χ0n) is 13.9. The largest absolute Gasteiger partial charge is 0.326 e. The maximum atomic E-state index is 13.5. The van der Waals surface area contributed by atoms with Crippen molar-refractivity contribution in [2.75, 3.05) is 10.6 Å². The maximum absolute atomic E-state index is 13.5. The van der Waals surface area contributed by atoms with Crippen LogP contribution in [0.3, 0.4) is 0 Å². The molecule has 2 aromatic heterocycles. The normalized spacial score (nSPS) is 10.5. The highest BCUT2D eigenvalue weighted by Gasteiger charge is 2.11. The van der Waals surface area contributed by atoms with E-state index in [2.05, 4.69) is 15.6 Å². The number of benzene rings is 1. The van der Waals surface area contributed by atoms with E-state index in [0.717, 1.165) is 4.88 Å². The van der Waals surface area contributed by atoms with Gasteiger partial charge in [-0.25, -0.2) is 9.37 Å². The number of carbonyl (C=O) groups is 2. The van der Waals surface area contributed by atoms with Crippen molar-refractivity contribution in [1.82, 2.24) is 4.98 Å². The molecule has 134 valence electrons.